The summed E-state index contributed by atoms with van der Waals surface area (Å²) in [7, 11) is -1.68. The number of rotatable bonds is 9. The molecule has 1 aliphatic carbocycles. The molecule has 7 heteroatoms. The van der Waals surface area contributed by atoms with Crippen molar-refractivity contribution in [3.63, 3.8) is 0 Å². The zero-order valence-corrected chi connectivity index (χ0v) is 13.8. The summed E-state index contributed by atoms with van der Waals surface area (Å²) >= 11 is 1.76. The average molecular weight is 310 g/mol. The van der Waals surface area contributed by atoms with Gasteiger partial charge < -0.3 is 5.32 Å². The van der Waals surface area contributed by atoms with Crippen LogP contribution in [0.15, 0.2) is 0 Å². The molecule has 0 amide bonds. The SMILES string of the molecule is CCNCCCN(C)S(=O)(=O)NC1CCCC1SC. The van der Waals surface area contributed by atoms with E-state index in [0.717, 1.165) is 38.8 Å². The fourth-order valence-corrected chi connectivity index (χ4v) is 4.58. The Morgan fingerprint density at radius 1 is 1.37 bits per heavy atom. The van der Waals surface area contributed by atoms with Crippen LogP contribution in [-0.2, 0) is 10.2 Å². The van der Waals surface area contributed by atoms with Gasteiger partial charge in [-0.15, -0.1) is 0 Å². The molecule has 0 aromatic rings. The van der Waals surface area contributed by atoms with Gasteiger partial charge in [-0.3, -0.25) is 0 Å². The first-order valence-electron chi connectivity index (χ1n) is 6.98. The Kier molecular flexibility index (Phi) is 7.68. The molecule has 0 radical (unpaired) electrons. The standard InChI is InChI=1S/C12H27N3O2S2/c1-4-13-9-6-10-15(2)19(16,17)14-11-7-5-8-12(11)18-3/h11-14H,4-10H2,1-3H3. The maximum absolute atomic E-state index is 12.2. The minimum absolute atomic E-state index is 0.0937. The quantitative estimate of drug-likeness (QED) is 0.625. The summed E-state index contributed by atoms with van der Waals surface area (Å²) in [6.07, 6.45) is 6.07. The van der Waals surface area contributed by atoms with Gasteiger partial charge in [0.15, 0.2) is 0 Å². The minimum Gasteiger partial charge on any atom is -0.317 e. The summed E-state index contributed by atoms with van der Waals surface area (Å²) in [5, 5.41) is 3.62. The maximum Gasteiger partial charge on any atom is 0.279 e. The van der Waals surface area contributed by atoms with Crippen LogP contribution in [0.25, 0.3) is 0 Å². The molecule has 5 nitrogen and oxygen atoms in total. The first-order chi connectivity index (χ1) is 9.01. The van der Waals surface area contributed by atoms with Crippen LogP contribution < -0.4 is 10.0 Å². The molecule has 1 saturated carbocycles. The van der Waals surface area contributed by atoms with Gasteiger partial charge in [0.1, 0.15) is 0 Å². The van der Waals surface area contributed by atoms with Crippen molar-refractivity contribution < 1.29 is 8.42 Å². The molecule has 0 aliphatic heterocycles. The Hall–Kier alpha value is 0.180. The summed E-state index contributed by atoms with van der Waals surface area (Å²) in [5.74, 6) is 0. The van der Waals surface area contributed by atoms with Crippen molar-refractivity contribution in [2.45, 2.75) is 43.9 Å². The molecule has 0 aromatic carbocycles. The molecule has 2 N–H and O–H groups in total. The first kappa shape index (κ1) is 17.2. The van der Waals surface area contributed by atoms with E-state index in [0.29, 0.717) is 11.8 Å². The van der Waals surface area contributed by atoms with Crippen molar-refractivity contribution in [2.24, 2.45) is 0 Å². The van der Waals surface area contributed by atoms with E-state index in [2.05, 4.69) is 16.3 Å². The Labute approximate surface area is 122 Å². The van der Waals surface area contributed by atoms with Crippen LogP contribution >= 0.6 is 11.8 Å². The van der Waals surface area contributed by atoms with Crippen molar-refractivity contribution in [1.82, 2.24) is 14.3 Å². The van der Waals surface area contributed by atoms with Crippen LogP contribution in [0, 0.1) is 0 Å². The van der Waals surface area contributed by atoms with Crippen LogP contribution in [0.1, 0.15) is 32.6 Å². The minimum atomic E-state index is -3.33. The largest absolute Gasteiger partial charge is 0.317 e. The molecule has 0 heterocycles. The lowest BCUT2D eigenvalue weighted by atomic mass is 10.3. The molecule has 0 aromatic heterocycles. The Morgan fingerprint density at radius 2 is 2.11 bits per heavy atom. The third kappa shape index (κ3) is 5.59. The third-order valence-corrected chi connectivity index (χ3v) is 6.32. The lowest BCUT2D eigenvalue weighted by Gasteiger charge is -2.23. The van der Waals surface area contributed by atoms with Crippen molar-refractivity contribution in [3.8, 4) is 0 Å². The molecule has 0 spiro atoms. The normalized spacial score (nSPS) is 24.2. The van der Waals surface area contributed by atoms with E-state index in [1.807, 2.05) is 6.92 Å². The number of thioether (sulfide) groups is 1. The molecule has 0 saturated heterocycles. The number of hydrogen-bond acceptors (Lipinski definition) is 4. The predicted molar refractivity (Wildman–Crippen MR) is 82.8 cm³/mol. The summed E-state index contributed by atoms with van der Waals surface area (Å²) < 4.78 is 28.7. The lowest BCUT2D eigenvalue weighted by molar-refractivity contribution is 0.437. The second-order valence-electron chi connectivity index (χ2n) is 4.96. The van der Waals surface area contributed by atoms with Gasteiger partial charge >= 0.3 is 0 Å². The van der Waals surface area contributed by atoms with Crippen LogP contribution in [0.4, 0.5) is 0 Å². The van der Waals surface area contributed by atoms with E-state index in [1.54, 1.807) is 18.8 Å². The highest BCUT2D eigenvalue weighted by Gasteiger charge is 2.31. The molecule has 0 bridgehead atoms. The molecule has 19 heavy (non-hydrogen) atoms. The van der Waals surface area contributed by atoms with E-state index < -0.39 is 10.2 Å². The summed E-state index contributed by atoms with van der Waals surface area (Å²) in [5.41, 5.74) is 0. The van der Waals surface area contributed by atoms with Crippen LogP contribution in [0.2, 0.25) is 0 Å². The highest BCUT2D eigenvalue weighted by molar-refractivity contribution is 7.99. The van der Waals surface area contributed by atoms with E-state index in [4.69, 9.17) is 0 Å². The van der Waals surface area contributed by atoms with Crippen molar-refractivity contribution in [2.75, 3.05) is 32.9 Å². The molecule has 1 rings (SSSR count). The Bertz CT molecular complexity index is 349. The molecule has 2 unspecified atom stereocenters. The smallest absolute Gasteiger partial charge is 0.279 e. The summed E-state index contributed by atoms with van der Waals surface area (Å²) in [6, 6.07) is 0.0937. The Morgan fingerprint density at radius 3 is 2.74 bits per heavy atom. The van der Waals surface area contributed by atoms with Crippen molar-refractivity contribution in [1.29, 1.82) is 0 Å². The molecule has 2 atom stereocenters. The van der Waals surface area contributed by atoms with Crippen molar-refractivity contribution in [3.05, 3.63) is 0 Å². The van der Waals surface area contributed by atoms with Gasteiger partial charge in [0.2, 0.25) is 0 Å². The van der Waals surface area contributed by atoms with E-state index in [-0.39, 0.29) is 6.04 Å². The fourth-order valence-electron chi connectivity index (χ4n) is 2.35. The molecular weight excluding hydrogens is 282 g/mol. The number of hydrogen-bond donors (Lipinski definition) is 2. The topological polar surface area (TPSA) is 61.4 Å². The summed E-state index contributed by atoms with van der Waals surface area (Å²) in [4.78, 5) is 0. The van der Waals surface area contributed by atoms with Crippen LogP contribution in [0.5, 0.6) is 0 Å². The Balaban J connectivity index is 2.41. The highest BCUT2D eigenvalue weighted by Crippen LogP contribution is 2.28. The van der Waals surface area contributed by atoms with Gasteiger partial charge in [0, 0.05) is 24.9 Å². The van der Waals surface area contributed by atoms with Gasteiger partial charge in [-0.25, -0.2) is 0 Å². The predicted octanol–water partition coefficient (Wildman–Crippen LogP) is 1.04. The van der Waals surface area contributed by atoms with E-state index >= 15 is 0 Å². The van der Waals surface area contributed by atoms with Gasteiger partial charge in [0.05, 0.1) is 0 Å². The molecule has 1 fully saturated rings. The second kappa shape index (κ2) is 8.46. The number of nitrogens with zero attached hydrogens (tertiary/aromatic N) is 1. The fraction of sp³-hybridized carbons (Fsp3) is 1.00. The maximum atomic E-state index is 12.2. The zero-order valence-electron chi connectivity index (χ0n) is 12.2. The summed E-state index contributed by atoms with van der Waals surface area (Å²) in [6.45, 7) is 4.38. The van der Waals surface area contributed by atoms with Crippen LogP contribution in [0.3, 0.4) is 0 Å². The van der Waals surface area contributed by atoms with Gasteiger partial charge in [-0.2, -0.15) is 29.2 Å². The van der Waals surface area contributed by atoms with E-state index in [9.17, 15) is 8.42 Å². The zero-order chi connectivity index (χ0) is 14.3. The molecule has 114 valence electrons. The average Bonchev–Trinajstić information content (AvgIpc) is 2.80. The van der Waals surface area contributed by atoms with Gasteiger partial charge in [0.25, 0.3) is 10.2 Å². The molecule has 1 aliphatic rings. The first-order valence-corrected chi connectivity index (χ1v) is 9.71. The van der Waals surface area contributed by atoms with Gasteiger partial charge in [-0.1, -0.05) is 13.3 Å². The van der Waals surface area contributed by atoms with Crippen molar-refractivity contribution >= 4 is 22.0 Å². The van der Waals surface area contributed by atoms with Crippen LogP contribution in [-0.4, -0.2) is 57.0 Å². The number of nitrogens with one attached hydrogen (secondary N) is 2. The highest BCUT2D eigenvalue weighted by atomic mass is 32.2. The lowest BCUT2D eigenvalue weighted by Crippen LogP contribution is -2.46. The second-order valence-corrected chi connectivity index (χ2v) is 7.85. The third-order valence-electron chi connectivity index (χ3n) is 3.54. The molecular formula is C12H27N3O2S2. The van der Waals surface area contributed by atoms with Gasteiger partial charge in [-0.05, 0) is 38.6 Å². The monoisotopic (exact) mass is 309 g/mol. The van der Waals surface area contributed by atoms with E-state index in [1.165, 1.54) is 4.31 Å².